The number of ketones is 1. The number of para-hydroxylation sites is 1. The smallest absolute Gasteiger partial charge is 0.170 e. The average Bonchev–Trinajstić information content (AvgIpc) is 2.27. The summed E-state index contributed by atoms with van der Waals surface area (Å²) >= 11 is 0. The number of Topliss-reactive ketones (excluding diaryl/α,β-unsaturated/α-hetero) is 1. The Morgan fingerprint density at radius 1 is 1.29 bits per heavy atom. The van der Waals surface area contributed by atoms with Gasteiger partial charge in [-0.3, -0.25) is 4.79 Å². The molecular formula is C11H10LrO2. The van der Waals surface area contributed by atoms with Crippen molar-refractivity contribution in [2.45, 2.75) is 13.3 Å². The molecule has 0 spiro atoms. The van der Waals surface area contributed by atoms with Gasteiger partial charge in [-0.15, -0.1) is 0 Å². The molecular weight excluding hydrogens is 426 g/mol. The fraction of sp³-hybridized carbons (Fsp3) is 0.182. The van der Waals surface area contributed by atoms with Crippen LogP contribution in [0.3, 0.4) is 0 Å². The quantitative estimate of drug-likeness (QED) is 0.625. The van der Waals surface area contributed by atoms with E-state index >= 15 is 0 Å². The molecule has 81 valence electrons. The standard InChI is InChI=1S/C11H10O2.Lr/c1-8-6-10(12)9-4-2-3-5-11(9)13-7-8;/h2-5,7H,6H2,1H3;. The SMILES string of the molecule is CC1=COc2ccccc2C(=O)C1.[Lr]. The maximum atomic E-state index is 11.6. The van der Waals surface area contributed by atoms with Crippen molar-refractivity contribution < 1.29 is 9.53 Å². The molecule has 0 fully saturated rings. The predicted octanol–water partition coefficient (Wildman–Crippen LogP) is 2.56. The summed E-state index contributed by atoms with van der Waals surface area (Å²) in [5.41, 5.74) is 1.64. The van der Waals surface area contributed by atoms with Crippen LogP contribution in [0, 0.1) is 0 Å². The number of carbonyl (C=O) groups is 1. The van der Waals surface area contributed by atoms with Crippen molar-refractivity contribution in [1.29, 1.82) is 0 Å². The third kappa shape index (κ3) is 1.46. The van der Waals surface area contributed by atoms with Crippen LogP contribution >= 0.6 is 0 Å². The molecule has 3 heteroatoms. The van der Waals surface area contributed by atoms with Gasteiger partial charge in [-0.05, 0) is 24.6 Å². The number of ether oxygens (including phenoxy) is 1. The molecule has 2 rings (SSSR count). The van der Waals surface area contributed by atoms with Crippen molar-refractivity contribution in [3.8, 4) is 5.75 Å². The van der Waals surface area contributed by atoms with E-state index in [-0.39, 0.29) is 5.78 Å². The number of carbonyl (C=O) groups excluding carboxylic acids is 1. The first kappa shape index (κ1) is 9.52. The Balaban J connectivity index is 0.000000980. The number of rotatable bonds is 0. The maximum Gasteiger partial charge on any atom is 0.170 e. The molecule has 1 aliphatic heterocycles. The molecule has 0 atom stereocenters. The summed E-state index contributed by atoms with van der Waals surface area (Å²) in [5, 5.41) is 0. The van der Waals surface area contributed by atoms with Crippen LogP contribution in [0.15, 0.2) is 36.1 Å². The molecule has 14 heavy (non-hydrogen) atoms. The minimum atomic E-state index is 0. The predicted molar refractivity (Wildman–Crippen MR) is 49.8 cm³/mol. The van der Waals surface area contributed by atoms with E-state index in [2.05, 4.69) is 0 Å². The number of fused-ring (bicyclic) bond motifs is 1. The van der Waals surface area contributed by atoms with Crippen LogP contribution in [0.2, 0.25) is 0 Å². The second-order valence-electron chi connectivity index (χ2n) is 3.18. The van der Waals surface area contributed by atoms with Crippen molar-refractivity contribution in [3.63, 3.8) is 0 Å². The number of benzene rings is 1. The molecule has 1 radical (unpaired) electrons. The largest absolute Gasteiger partial charge is 0.464 e. The Labute approximate surface area is 76.8 Å². The molecule has 0 amide bonds. The minimum absolute atomic E-state index is 0. The van der Waals surface area contributed by atoms with E-state index in [0.717, 1.165) is 5.57 Å². The van der Waals surface area contributed by atoms with Gasteiger partial charge in [-0.25, -0.2) is 0 Å². The van der Waals surface area contributed by atoms with Gasteiger partial charge in [-0.1, -0.05) is 12.1 Å². The van der Waals surface area contributed by atoms with Gasteiger partial charge < -0.3 is 4.74 Å². The fourth-order valence-corrected chi connectivity index (χ4v) is 1.35. The monoisotopic (exact) mass is 436 g/mol. The number of hydrogen-bond donors (Lipinski definition) is 0. The van der Waals surface area contributed by atoms with E-state index in [0.29, 0.717) is 17.7 Å². The first-order valence-electron chi connectivity index (χ1n) is 4.22. The molecule has 0 unspecified atom stereocenters. The van der Waals surface area contributed by atoms with Crippen molar-refractivity contribution >= 4 is 5.78 Å². The Morgan fingerprint density at radius 2 is 2.00 bits per heavy atom. The normalized spacial score (nSPS) is 14.4. The minimum Gasteiger partial charge on any atom is -0.464 e. The van der Waals surface area contributed by atoms with E-state index in [1.807, 2.05) is 25.1 Å². The molecule has 0 saturated carbocycles. The van der Waals surface area contributed by atoms with Gasteiger partial charge in [0.2, 0.25) is 0 Å². The van der Waals surface area contributed by atoms with Crippen LogP contribution < -0.4 is 4.74 Å². The summed E-state index contributed by atoms with van der Waals surface area (Å²) in [4.78, 5) is 11.6. The Bertz CT molecular complexity index is 383. The third-order valence-corrected chi connectivity index (χ3v) is 2.01. The van der Waals surface area contributed by atoms with Gasteiger partial charge in [0.1, 0.15) is 5.75 Å². The van der Waals surface area contributed by atoms with Crippen LogP contribution in [0.5, 0.6) is 5.75 Å². The van der Waals surface area contributed by atoms with Crippen LogP contribution in [0.1, 0.15) is 23.7 Å². The van der Waals surface area contributed by atoms with Crippen LogP contribution in [-0.2, 0) is 0 Å². The zero-order valence-electron chi connectivity index (χ0n) is 7.67. The second kappa shape index (κ2) is 3.44. The molecule has 0 saturated heterocycles. The number of hydrogen-bond acceptors (Lipinski definition) is 2. The van der Waals surface area contributed by atoms with Crippen LogP contribution in [0.25, 0.3) is 0 Å². The zero-order chi connectivity index (χ0) is 9.26. The maximum absolute atomic E-state index is 11.6. The van der Waals surface area contributed by atoms with E-state index in [1.165, 1.54) is 0 Å². The average molecular weight is 436 g/mol. The summed E-state index contributed by atoms with van der Waals surface area (Å²) in [6.07, 6.45) is 2.10. The molecule has 2 nitrogen and oxygen atoms in total. The molecule has 0 bridgehead atoms. The molecule has 1 heterocycles. The van der Waals surface area contributed by atoms with Gasteiger partial charge in [-0.2, -0.15) is 0 Å². The van der Waals surface area contributed by atoms with Gasteiger partial charge in [0.25, 0.3) is 0 Å². The van der Waals surface area contributed by atoms with Gasteiger partial charge in [0.15, 0.2) is 5.78 Å². The molecule has 1 aliphatic rings. The number of allylic oxidation sites excluding steroid dienone is 1. The second-order valence-corrected chi connectivity index (χ2v) is 3.18. The Hall–Kier alpha value is -2.57. The van der Waals surface area contributed by atoms with Crippen LogP contribution in [0.4, 0.5) is 0 Å². The fourth-order valence-electron chi connectivity index (χ4n) is 1.35. The van der Waals surface area contributed by atoms with Gasteiger partial charge >= 0.3 is 0 Å². The Morgan fingerprint density at radius 3 is 2.79 bits per heavy atom. The van der Waals surface area contributed by atoms with Gasteiger partial charge in [0, 0.05) is 6.42 Å². The summed E-state index contributed by atoms with van der Waals surface area (Å²) in [7, 11) is 0. The van der Waals surface area contributed by atoms with Crippen molar-refractivity contribution in [2.75, 3.05) is 0 Å². The van der Waals surface area contributed by atoms with Crippen molar-refractivity contribution in [1.82, 2.24) is 0 Å². The Kier molecular flexibility index (Phi) is 2.34. The van der Waals surface area contributed by atoms with Gasteiger partial charge in [0.05, 0.1) is 11.8 Å². The van der Waals surface area contributed by atoms with E-state index in [9.17, 15) is 4.79 Å². The molecule has 0 aromatic heterocycles. The molecule has 1 aromatic carbocycles. The first-order chi connectivity index (χ1) is 6.27. The van der Waals surface area contributed by atoms with E-state index in [1.54, 1.807) is 12.3 Å². The molecule has 0 aliphatic carbocycles. The summed E-state index contributed by atoms with van der Waals surface area (Å²) in [6.45, 7) is 1.89. The third-order valence-electron chi connectivity index (χ3n) is 2.01. The van der Waals surface area contributed by atoms with Crippen molar-refractivity contribution in [3.05, 3.63) is 41.7 Å². The summed E-state index contributed by atoms with van der Waals surface area (Å²) in [6, 6.07) is 7.31. The summed E-state index contributed by atoms with van der Waals surface area (Å²) < 4.78 is 5.35. The van der Waals surface area contributed by atoms with E-state index in [4.69, 9.17) is 4.74 Å². The zero-order valence-corrected chi connectivity index (χ0v) is 9.82. The first-order valence-corrected chi connectivity index (χ1v) is 4.22. The topological polar surface area (TPSA) is 26.3 Å². The summed E-state index contributed by atoms with van der Waals surface area (Å²) in [5.74, 6) is 0.784. The molecule has 1 aromatic rings. The van der Waals surface area contributed by atoms with Crippen molar-refractivity contribution in [2.24, 2.45) is 0 Å². The van der Waals surface area contributed by atoms with Crippen LogP contribution in [-0.4, -0.2) is 5.78 Å². The van der Waals surface area contributed by atoms with E-state index < -0.39 is 0 Å². The molecule has 0 N–H and O–H groups in total.